The second-order valence-corrected chi connectivity index (χ2v) is 7.30. The van der Waals surface area contributed by atoms with Crippen LogP contribution in [0.3, 0.4) is 0 Å². The lowest BCUT2D eigenvalue weighted by atomic mass is 9.76. The summed E-state index contributed by atoms with van der Waals surface area (Å²) < 4.78 is 0. The molecule has 0 amide bonds. The Morgan fingerprint density at radius 3 is 2.42 bits per heavy atom. The van der Waals surface area contributed by atoms with Crippen molar-refractivity contribution in [2.45, 2.75) is 84.3 Å². The van der Waals surface area contributed by atoms with Crippen molar-refractivity contribution in [1.29, 1.82) is 0 Å². The molecule has 0 spiro atoms. The molecule has 19 heavy (non-hydrogen) atoms. The molecule has 0 aromatic carbocycles. The highest BCUT2D eigenvalue weighted by Gasteiger charge is 2.37. The smallest absolute Gasteiger partial charge is 0.0695 e. The highest BCUT2D eigenvalue weighted by atomic mass is 16.3. The monoisotopic (exact) mass is 267 g/mol. The zero-order valence-electron chi connectivity index (χ0n) is 13.2. The van der Waals surface area contributed by atoms with Crippen LogP contribution in [-0.2, 0) is 0 Å². The summed E-state index contributed by atoms with van der Waals surface area (Å²) in [5.41, 5.74) is 0.555. The minimum Gasteiger partial charge on any atom is -0.391 e. The van der Waals surface area contributed by atoms with E-state index in [0.717, 1.165) is 12.3 Å². The van der Waals surface area contributed by atoms with Gasteiger partial charge in [-0.3, -0.25) is 4.90 Å². The van der Waals surface area contributed by atoms with E-state index in [1.165, 1.54) is 58.0 Å². The van der Waals surface area contributed by atoms with E-state index < -0.39 is 0 Å². The van der Waals surface area contributed by atoms with E-state index in [2.05, 4.69) is 25.7 Å². The first-order chi connectivity index (χ1) is 9.08. The molecule has 1 saturated heterocycles. The van der Waals surface area contributed by atoms with Crippen molar-refractivity contribution in [3.05, 3.63) is 0 Å². The Bertz CT molecular complexity index is 270. The first-order valence-electron chi connectivity index (χ1n) is 8.50. The van der Waals surface area contributed by atoms with Crippen LogP contribution in [0.25, 0.3) is 0 Å². The maximum absolute atomic E-state index is 10.4. The predicted octanol–water partition coefficient (Wildman–Crippen LogP) is 3.83. The zero-order chi connectivity index (χ0) is 13.9. The lowest BCUT2D eigenvalue weighted by molar-refractivity contribution is -0.0236. The van der Waals surface area contributed by atoms with E-state index >= 15 is 0 Å². The third-order valence-corrected chi connectivity index (χ3v) is 5.91. The van der Waals surface area contributed by atoms with Crippen molar-refractivity contribution >= 4 is 0 Å². The maximum atomic E-state index is 10.4. The van der Waals surface area contributed by atoms with Gasteiger partial charge in [0.1, 0.15) is 0 Å². The highest BCUT2D eigenvalue weighted by Crippen LogP contribution is 2.38. The molecular weight excluding hydrogens is 234 g/mol. The quantitative estimate of drug-likeness (QED) is 0.837. The first kappa shape index (κ1) is 15.3. The van der Waals surface area contributed by atoms with Gasteiger partial charge in [0.05, 0.1) is 6.10 Å². The minimum absolute atomic E-state index is 0.0703. The van der Waals surface area contributed by atoms with Crippen molar-refractivity contribution in [1.82, 2.24) is 4.90 Å². The van der Waals surface area contributed by atoms with Gasteiger partial charge in [0.15, 0.2) is 0 Å². The van der Waals surface area contributed by atoms with E-state index in [9.17, 15) is 5.11 Å². The number of aliphatic hydroxyl groups excluding tert-OH is 1. The molecule has 1 N–H and O–H groups in total. The molecule has 1 aliphatic heterocycles. The van der Waals surface area contributed by atoms with Crippen LogP contribution in [-0.4, -0.2) is 35.2 Å². The Balaban J connectivity index is 1.90. The summed E-state index contributed by atoms with van der Waals surface area (Å²) in [5, 5.41) is 10.4. The number of likely N-dealkylation sites (tertiary alicyclic amines) is 1. The van der Waals surface area contributed by atoms with Gasteiger partial charge in [-0.05, 0) is 56.5 Å². The molecular formula is C17H33NO. The van der Waals surface area contributed by atoms with Crippen molar-refractivity contribution in [2.24, 2.45) is 11.3 Å². The second-order valence-electron chi connectivity index (χ2n) is 7.30. The van der Waals surface area contributed by atoms with Crippen LogP contribution in [0, 0.1) is 11.3 Å². The molecule has 2 rings (SSSR count). The predicted molar refractivity (Wildman–Crippen MR) is 81.2 cm³/mol. The molecule has 112 valence electrons. The number of aliphatic hydroxyl groups is 1. The molecule has 1 aliphatic carbocycles. The molecule has 2 fully saturated rings. The lowest BCUT2D eigenvalue weighted by Crippen LogP contribution is -2.51. The average Bonchev–Trinajstić information content (AvgIpc) is 2.42. The van der Waals surface area contributed by atoms with Crippen LogP contribution in [0.4, 0.5) is 0 Å². The Morgan fingerprint density at radius 2 is 1.84 bits per heavy atom. The van der Waals surface area contributed by atoms with Gasteiger partial charge >= 0.3 is 0 Å². The summed E-state index contributed by atoms with van der Waals surface area (Å²) in [4.78, 5) is 2.60. The minimum atomic E-state index is -0.0703. The Morgan fingerprint density at radius 1 is 1.16 bits per heavy atom. The Labute approximate surface area is 119 Å². The van der Waals surface area contributed by atoms with Gasteiger partial charge in [-0.15, -0.1) is 0 Å². The van der Waals surface area contributed by atoms with E-state index in [0.29, 0.717) is 11.5 Å². The maximum Gasteiger partial charge on any atom is 0.0695 e. The van der Waals surface area contributed by atoms with Gasteiger partial charge in [-0.25, -0.2) is 0 Å². The molecule has 2 heteroatoms. The summed E-state index contributed by atoms with van der Waals surface area (Å²) in [5.74, 6) is 0.859. The standard InChI is InChI=1S/C17H33NO/c1-4-6-14-7-8-16(19)15(13-14)18-11-9-17(3,5-2)10-12-18/h14-16,19H,4-13H2,1-3H3. The highest BCUT2D eigenvalue weighted by molar-refractivity contribution is 4.91. The third-order valence-electron chi connectivity index (χ3n) is 5.91. The Kier molecular flexibility index (Phi) is 5.30. The zero-order valence-corrected chi connectivity index (χ0v) is 13.2. The summed E-state index contributed by atoms with van der Waals surface area (Å²) in [6.45, 7) is 9.44. The van der Waals surface area contributed by atoms with Gasteiger partial charge in [0.2, 0.25) is 0 Å². The van der Waals surface area contributed by atoms with Crippen molar-refractivity contribution in [3.8, 4) is 0 Å². The molecule has 0 radical (unpaired) electrons. The third kappa shape index (κ3) is 3.72. The molecule has 0 bridgehead atoms. The summed E-state index contributed by atoms with van der Waals surface area (Å²) in [7, 11) is 0. The van der Waals surface area contributed by atoms with Gasteiger partial charge in [-0.2, -0.15) is 0 Å². The number of rotatable bonds is 4. The fourth-order valence-electron chi connectivity index (χ4n) is 4.03. The molecule has 0 aromatic heterocycles. The van der Waals surface area contributed by atoms with E-state index in [4.69, 9.17) is 0 Å². The SMILES string of the molecule is CCCC1CCC(O)C(N2CCC(C)(CC)CC2)C1. The average molecular weight is 267 g/mol. The second kappa shape index (κ2) is 6.58. The molecule has 3 unspecified atom stereocenters. The van der Waals surface area contributed by atoms with Gasteiger partial charge in [0, 0.05) is 6.04 Å². The number of nitrogens with zero attached hydrogens (tertiary/aromatic N) is 1. The molecule has 3 atom stereocenters. The number of hydrogen-bond donors (Lipinski definition) is 1. The molecule has 1 heterocycles. The lowest BCUT2D eigenvalue weighted by Gasteiger charge is -2.46. The topological polar surface area (TPSA) is 23.5 Å². The first-order valence-corrected chi connectivity index (χ1v) is 8.50. The Hall–Kier alpha value is -0.0800. The van der Waals surface area contributed by atoms with Crippen LogP contribution in [0.15, 0.2) is 0 Å². The van der Waals surface area contributed by atoms with Crippen molar-refractivity contribution in [3.63, 3.8) is 0 Å². The number of piperidine rings is 1. The largest absolute Gasteiger partial charge is 0.391 e. The van der Waals surface area contributed by atoms with Gasteiger partial charge in [-0.1, -0.05) is 40.0 Å². The summed E-state index contributed by atoms with van der Waals surface area (Å²) in [6, 6.07) is 0.451. The van der Waals surface area contributed by atoms with E-state index in [-0.39, 0.29) is 6.10 Å². The molecule has 2 nitrogen and oxygen atoms in total. The van der Waals surface area contributed by atoms with E-state index in [1.807, 2.05) is 0 Å². The van der Waals surface area contributed by atoms with Crippen LogP contribution in [0.5, 0.6) is 0 Å². The normalized spacial score (nSPS) is 36.3. The van der Waals surface area contributed by atoms with Gasteiger partial charge < -0.3 is 5.11 Å². The molecule has 0 aromatic rings. The molecule has 1 saturated carbocycles. The fourth-order valence-corrected chi connectivity index (χ4v) is 4.03. The van der Waals surface area contributed by atoms with Crippen molar-refractivity contribution < 1.29 is 5.11 Å². The van der Waals surface area contributed by atoms with Crippen LogP contribution in [0.1, 0.15) is 72.1 Å². The van der Waals surface area contributed by atoms with Crippen molar-refractivity contribution in [2.75, 3.05) is 13.1 Å². The van der Waals surface area contributed by atoms with Gasteiger partial charge in [0.25, 0.3) is 0 Å². The fraction of sp³-hybridized carbons (Fsp3) is 1.00. The number of hydrogen-bond acceptors (Lipinski definition) is 2. The van der Waals surface area contributed by atoms with Crippen LogP contribution >= 0.6 is 0 Å². The molecule has 2 aliphatic rings. The van der Waals surface area contributed by atoms with Crippen LogP contribution < -0.4 is 0 Å². The summed E-state index contributed by atoms with van der Waals surface area (Å²) in [6.07, 6.45) is 9.99. The van der Waals surface area contributed by atoms with E-state index in [1.54, 1.807) is 0 Å². The van der Waals surface area contributed by atoms with Crippen LogP contribution in [0.2, 0.25) is 0 Å². The summed E-state index contributed by atoms with van der Waals surface area (Å²) >= 11 is 0.